The van der Waals surface area contributed by atoms with Gasteiger partial charge in [0.2, 0.25) is 5.76 Å². The van der Waals surface area contributed by atoms with E-state index in [4.69, 9.17) is 13.7 Å². The molecule has 0 saturated carbocycles. The van der Waals surface area contributed by atoms with E-state index in [0.717, 1.165) is 6.08 Å². The fourth-order valence-electron chi connectivity index (χ4n) is 2.06. The maximum Gasteiger partial charge on any atom is 0.331 e. The SMILES string of the molecule is O=C(/C=C/c1ccccc1[N+](=O)[O-])OCc1cc(-c2ccco2)on1. The number of aromatic nitrogens is 1. The Balaban J connectivity index is 1.59. The number of carbonyl (C=O) groups excluding carboxylic acids is 1. The van der Waals surface area contributed by atoms with Gasteiger partial charge in [-0.2, -0.15) is 0 Å². The third kappa shape index (κ3) is 3.99. The fourth-order valence-corrected chi connectivity index (χ4v) is 2.06. The number of benzene rings is 1. The van der Waals surface area contributed by atoms with Crippen LogP contribution in [0.3, 0.4) is 0 Å². The summed E-state index contributed by atoms with van der Waals surface area (Å²) < 4.78 is 15.3. The summed E-state index contributed by atoms with van der Waals surface area (Å²) >= 11 is 0. The Morgan fingerprint density at radius 1 is 1.24 bits per heavy atom. The first-order chi connectivity index (χ1) is 12.1. The van der Waals surface area contributed by atoms with Crippen LogP contribution in [0.25, 0.3) is 17.6 Å². The number of furan rings is 1. The number of nitro benzene ring substituents is 1. The first kappa shape index (κ1) is 16.2. The molecule has 3 aromatic rings. The van der Waals surface area contributed by atoms with Crippen molar-refractivity contribution in [3.63, 3.8) is 0 Å². The maximum absolute atomic E-state index is 11.8. The van der Waals surface area contributed by atoms with Gasteiger partial charge in [-0.05, 0) is 24.3 Å². The van der Waals surface area contributed by atoms with E-state index in [9.17, 15) is 14.9 Å². The monoisotopic (exact) mass is 340 g/mol. The lowest BCUT2D eigenvalue weighted by Gasteiger charge is -1.98. The number of para-hydroxylation sites is 1. The van der Waals surface area contributed by atoms with Gasteiger partial charge in [0.1, 0.15) is 12.3 Å². The number of rotatable bonds is 6. The van der Waals surface area contributed by atoms with Gasteiger partial charge in [-0.3, -0.25) is 10.1 Å². The minimum absolute atomic E-state index is 0.0915. The molecule has 8 heteroatoms. The molecule has 2 heterocycles. The standard InChI is InChI=1S/C17H12N2O6/c20-17(8-7-12-4-1-2-5-14(12)19(21)22)24-11-13-10-16(25-18-13)15-6-3-9-23-15/h1-10H,11H2/b8-7+. The van der Waals surface area contributed by atoms with E-state index in [-0.39, 0.29) is 12.3 Å². The molecule has 0 aliphatic heterocycles. The lowest BCUT2D eigenvalue weighted by Crippen LogP contribution is -2.01. The van der Waals surface area contributed by atoms with Crippen molar-refractivity contribution in [1.82, 2.24) is 5.16 Å². The normalized spacial score (nSPS) is 10.9. The van der Waals surface area contributed by atoms with Gasteiger partial charge < -0.3 is 13.7 Å². The third-order valence-corrected chi connectivity index (χ3v) is 3.22. The van der Waals surface area contributed by atoms with E-state index in [2.05, 4.69) is 5.16 Å². The molecule has 0 atom stereocenters. The van der Waals surface area contributed by atoms with Crippen LogP contribution >= 0.6 is 0 Å². The Hall–Kier alpha value is -3.68. The minimum Gasteiger partial charge on any atom is -0.461 e. The Morgan fingerprint density at radius 2 is 2.08 bits per heavy atom. The predicted molar refractivity (Wildman–Crippen MR) is 86.1 cm³/mol. The molecule has 0 fully saturated rings. The van der Waals surface area contributed by atoms with E-state index in [1.165, 1.54) is 24.5 Å². The van der Waals surface area contributed by atoms with Gasteiger partial charge in [0.15, 0.2) is 5.76 Å². The van der Waals surface area contributed by atoms with Crippen LogP contribution in [0.2, 0.25) is 0 Å². The van der Waals surface area contributed by atoms with Crippen molar-refractivity contribution in [3.05, 3.63) is 76.2 Å². The minimum atomic E-state index is -0.652. The summed E-state index contributed by atoms with van der Waals surface area (Å²) in [7, 11) is 0. The molecular weight excluding hydrogens is 328 g/mol. The van der Waals surface area contributed by atoms with Gasteiger partial charge in [0, 0.05) is 18.2 Å². The average molecular weight is 340 g/mol. The molecule has 0 aliphatic carbocycles. The summed E-state index contributed by atoms with van der Waals surface area (Å²) in [6.45, 7) is -0.0930. The Morgan fingerprint density at radius 3 is 2.84 bits per heavy atom. The van der Waals surface area contributed by atoms with Crippen molar-refractivity contribution in [2.45, 2.75) is 6.61 Å². The molecular formula is C17H12N2O6. The van der Waals surface area contributed by atoms with E-state index in [0.29, 0.717) is 22.8 Å². The van der Waals surface area contributed by atoms with Crippen molar-refractivity contribution < 1.29 is 23.4 Å². The average Bonchev–Trinajstić information content (AvgIpc) is 3.29. The molecule has 1 aromatic carbocycles. The van der Waals surface area contributed by atoms with E-state index in [1.54, 1.807) is 30.3 Å². The topological polar surface area (TPSA) is 109 Å². The zero-order chi connectivity index (χ0) is 17.6. The first-order valence-corrected chi connectivity index (χ1v) is 7.21. The van der Waals surface area contributed by atoms with Gasteiger partial charge in [0.05, 0.1) is 16.7 Å². The maximum atomic E-state index is 11.8. The zero-order valence-corrected chi connectivity index (χ0v) is 12.8. The number of carbonyl (C=O) groups is 1. The Kier molecular flexibility index (Phi) is 4.70. The lowest BCUT2D eigenvalue weighted by molar-refractivity contribution is -0.385. The summed E-state index contributed by atoms with van der Waals surface area (Å²) in [4.78, 5) is 22.1. The van der Waals surface area contributed by atoms with E-state index in [1.807, 2.05) is 0 Å². The van der Waals surface area contributed by atoms with E-state index < -0.39 is 10.9 Å². The molecule has 0 amide bonds. The van der Waals surface area contributed by atoms with Gasteiger partial charge >= 0.3 is 5.97 Å². The van der Waals surface area contributed by atoms with Gasteiger partial charge in [0.25, 0.3) is 5.69 Å². The molecule has 0 N–H and O–H groups in total. The molecule has 0 unspecified atom stereocenters. The van der Waals surface area contributed by atoms with Crippen LogP contribution in [0.4, 0.5) is 5.69 Å². The molecule has 0 spiro atoms. The van der Waals surface area contributed by atoms with Gasteiger partial charge in [-0.15, -0.1) is 0 Å². The Labute approximate surface area is 141 Å². The molecule has 0 radical (unpaired) electrons. The number of ether oxygens (including phenoxy) is 1. The smallest absolute Gasteiger partial charge is 0.331 e. The quantitative estimate of drug-likeness (QED) is 0.292. The van der Waals surface area contributed by atoms with Crippen LogP contribution in [-0.4, -0.2) is 16.0 Å². The summed E-state index contributed by atoms with van der Waals surface area (Å²) in [5, 5.41) is 14.7. The number of nitro groups is 1. The predicted octanol–water partition coefficient (Wildman–Crippen LogP) is 3.60. The lowest BCUT2D eigenvalue weighted by atomic mass is 10.1. The summed E-state index contributed by atoms with van der Waals surface area (Å²) in [5.41, 5.74) is 0.635. The van der Waals surface area contributed by atoms with Crippen LogP contribution in [-0.2, 0) is 16.1 Å². The first-order valence-electron chi connectivity index (χ1n) is 7.21. The molecule has 0 aliphatic rings. The number of nitrogens with zero attached hydrogens (tertiary/aromatic N) is 2. The largest absolute Gasteiger partial charge is 0.461 e. The highest BCUT2D eigenvalue weighted by Gasteiger charge is 2.12. The summed E-state index contributed by atoms with van der Waals surface area (Å²) in [5.74, 6) is 0.286. The van der Waals surface area contributed by atoms with Crippen LogP contribution in [0.1, 0.15) is 11.3 Å². The van der Waals surface area contributed by atoms with Gasteiger partial charge in [-0.1, -0.05) is 17.3 Å². The van der Waals surface area contributed by atoms with Crippen LogP contribution in [0.5, 0.6) is 0 Å². The highest BCUT2D eigenvalue weighted by atomic mass is 16.6. The third-order valence-electron chi connectivity index (χ3n) is 3.22. The molecule has 126 valence electrons. The molecule has 3 rings (SSSR count). The van der Waals surface area contributed by atoms with Crippen molar-refractivity contribution in [1.29, 1.82) is 0 Å². The van der Waals surface area contributed by atoms with Crippen LogP contribution in [0, 0.1) is 10.1 Å². The summed E-state index contributed by atoms with van der Waals surface area (Å²) in [6.07, 6.45) is 3.96. The van der Waals surface area contributed by atoms with Crippen LogP contribution in [0.15, 0.2) is 63.7 Å². The molecule has 2 aromatic heterocycles. The highest BCUT2D eigenvalue weighted by Crippen LogP contribution is 2.21. The van der Waals surface area contributed by atoms with Gasteiger partial charge in [-0.25, -0.2) is 4.79 Å². The molecule has 25 heavy (non-hydrogen) atoms. The second-order valence-electron chi connectivity index (χ2n) is 4.92. The molecule has 8 nitrogen and oxygen atoms in total. The number of hydrogen-bond donors (Lipinski definition) is 0. The summed E-state index contributed by atoms with van der Waals surface area (Å²) in [6, 6.07) is 11.1. The second kappa shape index (κ2) is 7.26. The molecule has 0 saturated heterocycles. The Bertz CT molecular complexity index is 911. The fraction of sp³-hybridized carbons (Fsp3) is 0.0588. The van der Waals surface area contributed by atoms with Crippen molar-refractivity contribution in [2.75, 3.05) is 0 Å². The zero-order valence-electron chi connectivity index (χ0n) is 12.8. The second-order valence-corrected chi connectivity index (χ2v) is 4.92. The van der Waals surface area contributed by atoms with E-state index >= 15 is 0 Å². The van der Waals surface area contributed by atoms with Crippen LogP contribution < -0.4 is 0 Å². The number of esters is 1. The highest BCUT2D eigenvalue weighted by molar-refractivity contribution is 5.87. The van der Waals surface area contributed by atoms with Crippen molar-refractivity contribution in [3.8, 4) is 11.5 Å². The van der Waals surface area contributed by atoms with Crippen molar-refractivity contribution in [2.24, 2.45) is 0 Å². The van der Waals surface area contributed by atoms with Crippen molar-refractivity contribution >= 4 is 17.7 Å². The molecule has 0 bridgehead atoms. The number of hydrogen-bond acceptors (Lipinski definition) is 7.